The third-order valence-electron chi connectivity index (χ3n) is 2.49. The molecule has 1 unspecified atom stereocenters. The Kier molecular flexibility index (Phi) is 4.10. The highest BCUT2D eigenvalue weighted by molar-refractivity contribution is 5.20. The van der Waals surface area contributed by atoms with Gasteiger partial charge in [0.1, 0.15) is 0 Å². The van der Waals surface area contributed by atoms with Gasteiger partial charge in [-0.25, -0.2) is 0 Å². The van der Waals surface area contributed by atoms with Crippen LogP contribution in [-0.2, 0) is 11.8 Å². The predicted molar refractivity (Wildman–Crippen MR) is 56.2 cm³/mol. The molecule has 80 valence electrons. The Morgan fingerprint density at radius 1 is 1.64 bits per heavy atom. The second-order valence-electron chi connectivity index (χ2n) is 3.31. The standard InChI is InChI=1S/C10H19N3O/c1-5-14-7-10(11-3)9-6-12-13(4)8(9)2/h6,10-11H,5,7H2,1-4H3. The van der Waals surface area contributed by atoms with Crippen molar-refractivity contribution in [3.05, 3.63) is 17.5 Å². The van der Waals surface area contributed by atoms with Gasteiger partial charge in [0.2, 0.25) is 0 Å². The van der Waals surface area contributed by atoms with Crippen molar-refractivity contribution in [2.24, 2.45) is 7.05 Å². The molecule has 0 bridgehead atoms. The lowest BCUT2D eigenvalue weighted by molar-refractivity contribution is 0.125. The van der Waals surface area contributed by atoms with Crippen LogP contribution in [0.1, 0.15) is 24.2 Å². The molecule has 1 aromatic heterocycles. The van der Waals surface area contributed by atoms with Crippen LogP contribution in [0.2, 0.25) is 0 Å². The number of ether oxygens (including phenoxy) is 1. The number of likely N-dealkylation sites (N-methyl/N-ethyl adjacent to an activating group) is 1. The number of nitrogens with one attached hydrogen (secondary N) is 1. The normalized spacial score (nSPS) is 13.1. The highest BCUT2D eigenvalue weighted by Crippen LogP contribution is 2.16. The van der Waals surface area contributed by atoms with Crippen LogP contribution in [0.3, 0.4) is 0 Å². The number of hydrogen-bond acceptors (Lipinski definition) is 3. The fourth-order valence-corrected chi connectivity index (χ4v) is 1.42. The predicted octanol–water partition coefficient (Wildman–Crippen LogP) is 1.03. The molecule has 4 nitrogen and oxygen atoms in total. The van der Waals surface area contributed by atoms with Gasteiger partial charge in [0, 0.05) is 24.9 Å². The Morgan fingerprint density at radius 3 is 2.79 bits per heavy atom. The molecule has 0 aliphatic carbocycles. The molecule has 0 spiro atoms. The fraction of sp³-hybridized carbons (Fsp3) is 0.700. The van der Waals surface area contributed by atoms with Crippen LogP contribution in [0, 0.1) is 6.92 Å². The average molecular weight is 197 g/mol. The number of nitrogens with zero attached hydrogens (tertiary/aromatic N) is 2. The molecule has 0 fully saturated rings. The summed E-state index contributed by atoms with van der Waals surface area (Å²) in [6.45, 7) is 5.51. The summed E-state index contributed by atoms with van der Waals surface area (Å²) in [7, 11) is 3.89. The van der Waals surface area contributed by atoms with E-state index in [1.807, 2.05) is 31.9 Å². The molecule has 4 heteroatoms. The lowest BCUT2D eigenvalue weighted by atomic mass is 10.1. The zero-order valence-corrected chi connectivity index (χ0v) is 9.37. The van der Waals surface area contributed by atoms with Crippen molar-refractivity contribution in [2.75, 3.05) is 20.3 Å². The summed E-state index contributed by atoms with van der Waals surface area (Å²) in [4.78, 5) is 0. The maximum atomic E-state index is 5.41. The molecule has 0 saturated heterocycles. The Balaban J connectivity index is 2.73. The Hall–Kier alpha value is -0.870. The third kappa shape index (κ3) is 2.33. The van der Waals surface area contributed by atoms with Gasteiger partial charge in [0.05, 0.1) is 18.8 Å². The molecule has 0 amide bonds. The van der Waals surface area contributed by atoms with Crippen molar-refractivity contribution in [1.82, 2.24) is 15.1 Å². The van der Waals surface area contributed by atoms with E-state index in [0.717, 1.165) is 6.61 Å². The molecule has 1 N–H and O–H groups in total. The summed E-state index contributed by atoms with van der Waals surface area (Å²) in [5.41, 5.74) is 2.40. The minimum Gasteiger partial charge on any atom is -0.380 e. The molecule has 0 aromatic carbocycles. The number of aryl methyl sites for hydroxylation is 1. The molecule has 0 saturated carbocycles. The van der Waals surface area contributed by atoms with Gasteiger partial charge in [-0.15, -0.1) is 0 Å². The summed E-state index contributed by atoms with van der Waals surface area (Å²) < 4.78 is 7.29. The van der Waals surface area contributed by atoms with Crippen LogP contribution in [0.25, 0.3) is 0 Å². The largest absolute Gasteiger partial charge is 0.380 e. The minimum atomic E-state index is 0.239. The number of rotatable bonds is 5. The first-order valence-electron chi connectivity index (χ1n) is 4.94. The first-order valence-corrected chi connectivity index (χ1v) is 4.94. The van der Waals surface area contributed by atoms with Gasteiger partial charge in [-0.05, 0) is 20.9 Å². The number of aromatic nitrogens is 2. The molecule has 14 heavy (non-hydrogen) atoms. The smallest absolute Gasteiger partial charge is 0.0662 e. The molecule has 1 heterocycles. The lowest BCUT2D eigenvalue weighted by Gasteiger charge is -2.15. The van der Waals surface area contributed by atoms with Crippen LogP contribution in [0.5, 0.6) is 0 Å². The number of hydrogen-bond donors (Lipinski definition) is 1. The van der Waals surface area contributed by atoms with Gasteiger partial charge in [0.15, 0.2) is 0 Å². The average Bonchev–Trinajstić information content (AvgIpc) is 2.51. The minimum absolute atomic E-state index is 0.239. The second-order valence-corrected chi connectivity index (χ2v) is 3.31. The fourth-order valence-electron chi connectivity index (χ4n) is 1.42. The summed E-state index contributed by atoms with van der Waals surface area (Å²) in [5.74, 6) is 0. The molecule has 1 aromatic rings. The zero-order valence-electron chi connectivity index (χ0n) is 9.37. The maximum absolute atomic E-state index is 5.41. The molecule has 1 atom stereocenters. The van der Waals surface area contributed by atoms with Crippen LogP contribution in [0.4, 0.5) is 0 Å². The summed E-state index contributed by atoms with van der Waals surface area (Å²) in [6.07, 6.45) is 1.90. The van der Waals surface area contributed by atoms with E-state index in [1.54, 1.807) is 0 Å². The molecule has 0 aliphatic rings. The van der Waals surface area contributed by atoms with Crippen LogP contribution >= 0.6 is 0 Å². The van der Waals surface area contributed by atoms with Crippen LogP contribution in [0.15, 0.2) is 6.20 Å². The van der Waals surface area contributed by atoms with Crippen LogP contribution in [-0.4, -0.2) is 30.0 Å². The van der Waals surface area contributed by atoms with Gasteiger partial charge >= 0.3 is 0 Å². The first-order chi connectivity index (χ1) is 6.70. The van der Waals surface area contributed by atoms with Crippen LogP contribution < -0.4 is 5.32 Å². The van der Waals surface area contributed by atoms with E-state index in [4.69, 9.17) is 4.74 Å². The van der Waals surface area contributed by atoms with Gasteiger partial charge in [0.25, 0.3) is 0 Å². The molecular weight excluding hydrogens is 178 g/mol. The van der Waals surface area contributed by atoms with Crippen molar-refractivity contribution in [3.63, 3.8) is 0 Å². The van der Waals surface area contributed by atoms with Gasteiger partial charge in [-0.2, -0.15) is 5.10 Å². The molecule has 0 radical (unpaired) electrons. The van der Waals surface area contributed by atoms with E-state index in [-0.39, 0.29) is 6.04 Å². The SMILES string of the molecule is CCOCC(NC)c1cnn(C)c1C. The quantitative estimate of drug-likeness (QED) is 0.766. The zero-order chi connectivity index (χ0) is 10.6. The summed E-state index contributed by atoms with van der Waals surface area (Å²) in [5, 5.41) is 7.44. The maximum Gasteiger partial charge on any atom is 0.0662 e. The molecule has 1 rings (SSSR count). The van der Waals surface area contributed by atoms with Gasteiger partial charge < -0.3 is 10.1 Å². The molecular formula is C10H19N3O. The van der Waals surface area contributed by atoms with E-state index in [2.05, 4.69) is 17.3 Å². The van der Waals surface area contributed by atoms with Crippen molar-refractivity contribution in [2.45, 2.75) is 19.9 Å². The lowest BCUT2D eigenvalue weighted by Crippen LogP contribution is -2.22. The van der Waals surface area contributed by atoms with Crippen molar-refractivity contribution in [3.8, 4) is 0 Å². The van der Waals surface area contributed by atoms with E-state index in [0.29, 0.717) is 6.61 Å². The van der Waals surface area contributed by atoms with Gasteiger partial charge in [-0.3, -0.25) is 4.68 Å². The molecule has 0 aliphatic heterocycles. The van der Waals surface area contributed by atoms with E-state index >= 15 is 0 Å². The van der Waals surface area contributed by atoms with E-state index in [9.17, 15) is 0 Å². The van der Waals surface area contributed by atoms with E-state index < -0.39 is 0 Å². The monoisotopic (exact) mass is 197 g/mol. The van der Waals surface area contributed by atoms with E-state index in [1.165, 1.54) is 11.3 Å². The third-order valence-corrected chi connectivity index (χ3v) is 2.49. The van der Waals surface area contributed by atoms with Crippen molar-refractivity contribution < 1.29 is 4.74 Å². The Morgan fingerprint density at radius 2 is 2.36 bits per heavy atom. The van der Waals surface area contributed by atoms with Gasteiger partial charge in [-0.1, -0.05) is 0 Å². The highest BCUT2D eigenvalue weighted by Gasteiger charge is 2.14. The second kappa shape index (κ2) is 5.12. The van der Waals surface area contributed by atoms with Crippen molar-refractivity contribution >= 4 is 0 Å². The van der Waals surface area contributed by atoms with Crippen molar-refractivity contribution in [1.29, 1.82) is 0 Å². The highest BCUT2D eigenvalue weighted by atomic mass is 16.5. The Labute approximate surface area is 85.3 Å². The Bertz CT molecular complexity index is 283. The summed E-state index contributed by atoms with van der Waals surface area (Å²) in [6, 6.07) is 0.239. The summed E-state index contributed by atoms with van der Waals surface area (Å²) >= 11 is 0. The topological polar surface area (TPSA) is 39.1 Å². The first kappa shape index (κ1) is 11.2.